The van der Waals surface area contributed by atoms with Crippen molar-refractivity contribution in [1.29, 1.82) is 0 Å². The second-order valence-corrected chi connectivity index (χ2v) is 8.31. The molecule has 0 atom stereocenters. The molecular weight excluding hydrogens is 395 g/mol. The van der Waals surface area contributed by atoms with Gasteiger partial charge in [0.05, 0.1) is 10.5 Å². The first-order valence-electron chi connectivity index (χ1n) is 8.63. The third kappa shape index (κ3) is 4.50. The van der Waals surface area contributed by atoms with E-state index in [1.807, 2.05) is 0 Å². The van der Waals surface area contributed by atoms with E-state index in [1.165, 1.54) is 28.6 Å². The van der Waals surface area contributed by atoms with Crippen LogP contribution in [0.15, 0.2) is 47.5 Å². The lowest BCUT2D eigenvalue weighted by Gasteiger charge is -2.26. The van der Waals surface area contributed by atoms with Gasteiger partial charge in [-0.1, -0.05) is 12.5 Å². The van der Waals surface area contributed by atoms with E-state index in [0.717, 1.165) is 31.5 Å². The van der Waals surface area contributed by atoms with Crippen LogP contribution < -0.4 is 5.32 Å². The highest BCUT2D eigenvalue weighted by Crippen LogP contribution is 2.27. The van der Waals surface area contributed by atoms with E-state index in [9.17, 15) is 26.4 Å². The molecule has 1 N–H and O–H groups in total. The number of nitrogens with one attached hydrogen (secondary N) is 1. The van der Waals surface area contributed by atoms with E-state index in [2.05, 4.69) is 10.3 Å². The summed E-state index contributed by atoms with van der Waals surface area (Å²) >= 11 is 0. The number of halogens is 3. The van der Waals surface area contributed by atoms with Gasteiger partial charge in [0.25, 0.3) is 5.91 Å². The van der Waals surface area contributed by atoms with Gasteiger partial charge in [0, 0.05) is 25.0 Å². The van der Waals surface area contributed by atoms with Crippen molar-refractivity contribution >= 4 is 21.6 Å². The molecule has 1 saturated heterocycles. The SMILES string of the molecule is O=C(Nc1cccc(S(=O)(=O)N2CCCCC2)c1)c1ccc(C(F)(F)F)nc1. The van der Waals surface area contributed by atoms with Crippen molar-refractivity contribution < 1.29 is 26.4 Å². The third-order valence-electron chi connectivity index (χ3n) is 4.36. The average molecular weight is 413 g/mol. The second-order valence-electron chi connectivity index (χ2n) is 6.38. The van der Waals surface area contributed by atoms with Crippen LogP contribution in [0.4, 0.5) is 18.9 Å². The van der Waals surface area contributed by atoms with Crippen LogP contribution in [0.5, 0.6) is 0 Å². The Morgan fingerprint density at radius 2 is 1.79 bits per heavy atom. The predicted molar refractivity (Wildman–Crippen MR) is 96.2 cm³/mol. The fourth-order valence-electron chi connectivity index (χ4n) is 2.89. The number of hydrogen-bond donors (Lipinski definition) is 1. The minimum absolute atomic E-state index is 0.0535. The molecule has 2 heterocycles. The fraction of sp³-hybridized carbons (Fsp3) is 0.333. The summed E-state index contributed by atoms with van der Waals surface area (Å²) < 4.78 is 64.5. The van der Waals surface area contributed by atoms with Crippen LogP contribution in [0.25, 0.3) is 0 Å². The molecule has 1 aliphatic heterocycles. The van der Waals surface area contributed by atoms with Gasteiger partial charge in [-0.15, -0.1) is 0 Å². The molecule has 0 spiro atoms. The molecule has 6 nitrogen and oxygen atoms in total. The zero-order chi connectivity index (χ0) is 20.4. The van der Waals surface area contributed by atoms with Crippen LogP contribution in [0.2, 0.25) is 0 Å². The molecule has 1 fully saturated rings. The van der Waals surface area contributed by atoms with E-state index < -0.39 is 27.8 Å². The minimum atomic E-state index is -4.59. The van der Waals surface area contributed by atoms with Crippen LogP contribution >= 0.6 is 0 Å². The van der Waals surface area contributed by atoms with E-state index in [4.69, 9.17) is 0 Å². The van der Waals surface area contributed by atoms with Gasteiger partial charge in [-0.2, -0.15) is 17.5 Å². The van der Waals surface area contributed by atoms with Gasteiger partial charge in [0.2, 0.25) is 10.0 Å². The molecule has 0 unspecified atom stereocenters. The molecule has 10 heteroatoms. The van der Waals surface area contributed by atoms with Crippen LogP contribution in [-0.2, 0) is 16.2 Å². The van der Waals surface area contributed by atoms with Crippen LogP contribution in [0, 0.1) is 0 Å². The Balaban J connectivity index is 1.76. The zero-order valence-corrected chi connectivity index (χ0v) is 15.6. The number of hydrogen-bond acceptors (Lipinski definition) is 4. The standard InChI is InChI=1S/C18H18F3N3O3S/c19-18(20,21)16-8-7-13(12-22-16)17(25)23-14-5-4-6-15(11-14)28(26,27)24-9-2-1-3-10-24/h4-8,11-12H,1-3,9-10H2,(H,23,25). The van der Waals surface area contributed by atoms with E-state index >= 15 is 0 Å². The first-order chi connectivity index (χ1) is 13.2. The predicted octanol–water partition coefficient (Wildman–Crippen LogP) is 3.53. The number of anilines is 1. The van der Waals surface area contributed by atoms with Gasteiger partial charge in [-0.25, -0.2) is 8.42 Å². The number of carbonyl (C=O) groups is 1. The summed E-state index contributed by atoms with van der Waals surface area (Å²) in [5.74, 6) is -0.686. The molecule has 3 rings (SSSR count). The third-order valence-corrected chi connectivity index (χ3v) is 6.26. The first kappa shape index (κ1) is 20.3. The van der Waals surface area contributed by atoms with Crippen molar-refractivity contribution in [3.05, 3.63) is 53.9 Å². The molecule has 0 saturated carbocycles. The molecule has 0 aliphatic carbocycles. The highest BCUT2D eigenvalue weighted by molar-refractivity contribution is 7.89. The Labute approximate surface area is 160 Å². The van der Waals surface area contributed by atoms with Gasteiger partial charge in [0.1, 0.15) is 5.69 Å². The zero-order valence-electron chi connectivity index (χ0n) is 14.7. The summed E-state index contributed by atoms with van der Waals surface area (Å²) in [7, 11) is -3.66. The molecule has 0 radical (unpaired) electrons. The first-order valence-corrected chi connectivity index (χ1v) is 10.1. The highest BCUT2D eigenvalue weighted by Gasteiger charge is 2.32. The molecule has 1 aromatic carbocycles. The normalized spacial score (nSPS) is 16.0. The van der Waals surface area contributed by atoms with Crippen molar-refractivity contribution in [2.75, 3.05) is 18.4 Å². The van der Waals surface area contributed by atoms with Crippen molar-refractivity contribution in [2.24, 2.45) is 0 Å². The Morgan fingerprint density at radius 3 is 2.39 bits per heavy atom. The number of sulfonamides is 1. The van der Waals surface area contributed by atoms with Crippen LogP contribution in [0.3, 0.4) is 0 Å². The number of benzene rings is 1. The van der Waals surface area contributed by atoms with Gasteiger partial charge in [-0.3, -0.25) is 9.78 Å². The Hall–Kier alpha value is -2.46. The van der Waals surface area contributed by atoms with Crippen LogP contribution in [-0.4, -0.2) is 36.7 Å². The smallest absolute Gasteiger partial charge is 0.322 e. The maximum atomic E-state index is 12.7. The summed E-state index contributed by atoms with van der Waals surface area (Å²) in [6, 6.07) is 7.51. The maximum Gasteiger partial charge on any atom is 0.433 e. The lowest BCUT2D eigenvalue weighted by Crippen LogP contribution is -2.35. The minimum Gasteiger partial charge on any atom is -0.322 e. The van der Waals surface area contributed by atoms with E-state index in [0.29, 0.717) is 19.2 Å². The lowest BCUT2D eigenvalue weighted by molar-refractivity contribution is -0.141. The molecule has 0 bridgehead atoms. The molecule has 1 aliphatic rings. The molecule has 28 heavy (non-hydrogen) atoms. The lowest BCUT2D eigenvalue weighted by atomic mass is 10.2. The number of amides is 1. The molecule has 2 aromatic rings. The highest BCUT2D eigenvalue weighted by atomic mass is 32.2. The number of carbonyl (C=O) groups excluding carboxylic acids is 1. The number of nitrogens with zero attached hydrogens (tertiary/aromatic N) is 2. The fourth-order valence-corrected chi connectivity index (χ4v) is 4.45. The quantitative estimate of drug-likeness (QED) is 0.832. The number of aromatic nitrogens is 1. The summed E-state index contributed by atoms with van der Waals surface area (Å²) in [6.07, 6.45) is -1.17. The van der Waals surface area contributed by atoms with Gasteiger partial charge < -0.3 is 5.32 Å². The second kappa shape index (κ2) is 7.88. The molecular formula is C18H18F3N3O3S. The van der Waals surface area contributed by atoms with Gasteiger partial charge in [0.15, 0.2) is 0 Å². The summed E-state index contributed by atoms with van der Waals surface area (Å²) in [5.41, 5.74) is -0.945. The van der Waals surface area contributed by atoms with Crippen molar-refractivity contribution in [3.8, 4) is 0 Å². The van der Waals surface area contributed by atoms with Crippen molar-refractivity contribution in [2.45, 2.75) is 30.3 Å². The number of piperidine rings is 1. The topological polar surface area (TPSA) is 79.4 Å². The monoisotopic (exact) mass is 413 g/mol. The average Bonchev–Trinajstić information content (AvgIpc) is 2.68. The molecule has 1 aromatic heterocycles. The molecule has 150 valence electrons. The largest absolute Gasteiger partial charge is 0.433 e. The Morgan fingerprint density at radius 1 is 1.07 bits per heavy atom. The number of alkyl halides is 3. The van der Waals surface area contributed by atoms with Gasteiger partial charge >= 0.3 is 6.18 Å². The summed E-state index contributed by atoms with van der Waals surface area (Å²) in [5, 5.41) is 2.49. The van der Waals surface area contributed by atoms with E-state index in [-0.39, 0.29) is 16.1 Å². The van der Waals surface area contributed by atoms with Crippen molar-refractivity contribution in [1.82, 2.24) is 9.29 Å². The van der Waals surface area contributed by atoms with E-state index in [1.54, 1.807) is 0 Å². The summed E-state index contributed by atoms with van der Waals surface area (Å²) in [6.45, 7) is 0.909. The Kier molecular flexibility index (Phi) is 5.71. The van der Waals surface area contributed by atoms with Gasteiger partial charge in [-0.05, 0) is 43.2 Å². The maximum absolute atomic E-state index is 12.7. The Bertz CT molecular complexity index is 954. The summed E-state index contributed by atoms with van der Waals surface area (Å²) in [4.78, 5) is 15.5. The van der Waals surface area contributed by atoms with Crippen LogP contribution in [0.1, 0.15) is 35.3 Å². The number of pyridine rings is 1. The molecule has 1 amide bonds. The van der Waals surface area contributed by atoms with Crippen molar-refractivity contribution in [3.63, 3.8) is 0 Å². The number of rotatable bonds is 4.